The van der Waals surface area contributed by atoms with E-state index in [-0.39, 0.29) is 10.8 Å². The van der Waals surface area contributed by atoms with E-state index in [2.05, 4.69) is 15.8 Å². The molecule has 0 saturated heterocycles. The molecule has 0 atom stereocenters. The van der Waals surface area contributed by atoms with Crippen LogP contribution in [0.25, 0.3) is 0 Å². The summed E-state index contributed by atoms with van der Waals surface area (Å²) in [6, 6.07) is 4.45. The first kappa shape index (κ1) is 16.0. The summed E-state index contributed by atoms with van der Waals surface area (Å²) in [5, 5.41) is 15.5. The number of phenols is 1. The molecule has 0 bridgehead atoms. The fourth-order valence-electron chi connectivity index (χ4n) is 1.28. The number of nitrogens with zero attached hydrogens (tertiary/aromatic N) is 1. The van der Waals surface area contributed by atoms with Crippen molar-refractivity contribution in [2.45, 2.75) is 19.8 Å². The Hall–Kier alpha value is -2.08. The highest BCUT2D eigenvalue weighted by molar-refractivity contribution is 6.35. The largest absolute Gasteiger partial charge is 0.506 e. The smallest absolute Gasteiger partial charge is 0.329 e. The van der Waals surface area contributed by atoms with E-state index in [9.17, 15) is 14.7 Å². The molecule has 3 N–H and O–H groups in total. The molecule has 0 aliphatic rings. The molecule has 0 aromatic heterocycles. The number of aromatic hydroxyl groups is 1. The summed E-state index contributed by atoms with van der Waals surface area (Å²) in [5.74, 6) is -1.59. The van der Waals surface area contributed by atoms with Crippen LogP contribution in [0.1, 0.15) is 25.3 Å². The maximum Gasteiger partial charge on any atom is 0.329 e. The average Bonchev–Trinajstić information content (AvgIpc) is 2.42. The van der Waals surface area contributed by atoms with Crippen LogP contribution in [0.4, 0.5) is 0 Å². The quantitative estimate of drug-likeness (QED) is 0.332. The predicted octanol–water partition coefficient (Wildman–Crippen LogP) is 1.41. The molecule has 108 valence electrons. The van der Waals surface area contributed by atoms with E-state index in [0.29, 0.717) is 12.1 Å². The molecule has 0 aliphatic heterocycles. The number of amides is 2. The van der Waals surface area contributed by atoms with E-state index in [1.807, 2.05) is 6.92 Å². The van der Waals surface area contributed by atoms with Crippen molar-refractivity contribution in [1.82, 2.24) is 10.7 Å². The van der Waals surface area contributed by atoms with Crippen molar-refractivity contribution in [3.05, 3.63) is 28.8 Å². The van der Waals surface area contributed by atoms with Crippen LogP contribution in [0, 0.1) is 0 Å². The van der Waals surface area contributed by atoms with Gasteiger partial charge in [0.05, 0.1) is 11.2 Å². The molecule has 2 amide bonds. The molecule has 0 radical (unpaired) electrons. The summed E-state index contributed by atoms with van der Waals surface area (Å²) in [6.07, 6.45) is 3.07. The van der Waals surface area contributed by atoms with Gasteiger partial charge in [-0.25, -0.2) is 5.43 Å². The lowest BCUT2D eigenvalue weighted by Crippen LogP contribution is -2.38. The second-order valence-electron chi connectivity index (χ2n) is 4.02. The minimum Gasteiger partial charge on any atom is -0.506 e. The lowest BCUT2D eigenvalue weighted by atomic mass is 10.2. The molecule has 1 aromatic rings. The van der Waals surface area contributed by atoms with Crippen LogP contribution in [0.3, 0.4) is 0 Å². The minimum absolute atomic E-state index is 0.0387. The molecule has 0 unspecified atom stereocenters. The standard InChI is InChI=1S/C13H16ClN3O3/c1-2-3-6-15-12(19)13(20)17-16-8-9-4-5-11(18)10(14)7-9/h4-5,7-8,18H,2-3,6H2,1H3,(H,15,19)(H,17,20)/b16-8-. The van der Waals surface area contributed by atoms with E-state index < -0.39 is 11.8 Å². The van der Waals surface area contributed by atoms with Gasteiger partial charge in [0.2, 0.25) is 0 Å². The first-order chi connectivity index (χ1) is 9.54. The van der Waals surface area contributed by atoms with E-state index in [4.69, 9.17) is 11.6 Å². The van der Waals surface area contributed by atoms with Gasteiger partial charge in [-0.1, -0.05) is 24.9 Å². The fraction of sp³-hybridized carbons (Fsp3) is 0.308. The maximum absolute atomic E-state index is 11.3. The van der Waals surface area contributed by atoms with Gasteiger partial charge in [0.1, 0.15) is 5.75 Å². The van der Waals surface area contributed by atoms with Crippen LogP contribution in [0.5, 0.6) is 5.75 Å². The third kappa shape index (κ3) is 5.27. The second kappa shape index (κ2) is 8.16. The number of phenolic OH excluding ortho intramolecular Hbond substituents is 1. The normalized spacial score (nSPS) is 10.5. The second-order valence-corrected chi connectivity index (χ2v) is 4.43. The first-order valence-corrected chi connectivity index (χ1v) is 6.52. The van der Waals surface area contributed by atoms with E-state index >= 15 is 0 Å². The highest BCUT2D eigenvalue weighted by atomic mass is 35.5. The van der Waals surface area contributed by atoms with Crippen molar-refractivity contribution >= 4 is 29.6 Å². The van der Waals surface area contributed by atoms with Crippen LogP contribution in [0.2, 0.25) is 5.02 Å². The molecular weight excluding hydrogens is 282 g/mol. The summed E-state index contributed by atoms with van der Waals surface area (Å²) in [4.78, 5) is 22.7. The Morgan fingerprint density at radius 3 is 2.80 bits per heavy atom. The van der Waals surface area contributed by atoms with Crippen LogP contribution in [-0.4, -0.2) is 29.7 Å². The molecule has 1 aromatic carbocycles. The zero-order valence-corrected chi connectivity index (χ0v) is 11.8. The van der Waals surface area contributed by atoms with Crippen molar-refractivity contribution in [1.29, 1.82) is 0 Å². The number of unbranched alkanes of at least 4 members (excludes halogenated alkanes) is 1. The molecule has 0 fully saturated rings. The van der Waals surface area contributed by atoms with Crippen LogP contribution < -0.4 is 10.7 Å². The Bertz CT molecular complexity index is 518. The predicted molar refractivity (Wildman–Crippen MR) is 76.8 cm³/mol. The first-order valence-electron chi connectivity index (χ1n) is 6.14. The maximum atomic E-state index is 11.3. The lowest BCUT2D eigenvalue weighted by molar-refractivity contribution is -0.139. The molecule has 0 saturated carbocycles. The molecule has 6 nitrogen and oxygen atoms in total. The van der Waals surface area contributed by atoms with Gasteiger partial charge < -0.3 is 10.4 Å². The van der Waals surface area contributed by atoms with E-state index in [1.54, 1.807) is 6.07 Å². The fourth-order valence-corrected chi connectivity index (χ4v) is 1.47. The SMILES string of the molecule is CCCCNC(=O)C(=O)N/N=C\c1ccc(O)c(Cl)c1. The van der Waals surface area contributed by atoms with Gasteiger partial charge >= 0.3 is 11.8 Å². The Balaban J connectivity index is 2.45. The Morgan fingerprint density at radius 1 is 1.40 bits per heavy atom. The van der Waals surface area contributed by atoms with Gasteiger partial charge in [-0.15, -0.1) is 0 Å². The van der Waals surface area contributed by atoms with Gasteiger partial charge in [0.15, 0.2) is 0 Å². The lowest BCUT2D eigenvalue weighted by Gasteiger charge is -2.02. The number of benzene rings is 1. The Labute approximate surface area is 121 Å². The number of carbonyl (C=O) groups is 2. The Kier molecular flexibility index (Phi) is 6.52. The third-order valence-electron chi connectivity index (χ3n) is 2.37. The molecule has 0 aliphatic carbocycles. The number of hydrogen-bond acceptors (Lipinski definition) is 4. The van der Waals surface area contributed by atoms with Gasteiger partial charge in [0.25, 0.3) is 0 Å². The van der Waals surface area contributed by atoms with Crippen molar-refractivity contribution in [2.24, 2.45) is 5.10 Å². The number of nitrogens with one attached hydrogen (secondary N) is 2. The van der Waals surface area contributed by atoms with Gasteiger partial charge in [-0.05, 0) is 30.2 Å². The number of carbonyl (C=O) groups excluding carboxylic acids is 2. The summed E-state index contributed by atoms with van der Waals surface area (Å²) in [6.45, 7) is 2.44. The van der Waals surface area contributed by atoms with E-state index in [1.165, 1.54) is 18.3 Å². The van der Waals surface area contributed by atoms with Gasteiger partial charge in [-0.3, -0.25) is 9.59 Å². The minimum atomic E-state index is -0.831. The van der Waals surface area contributed by atoms with Crippen molar-refractivity contribution in [2.75, 3.05) is 6.54 Å². The zero-order valence-electron chi connectivity index (χ0n) is 11.0. The summed E-state index contributed by atoms with van der Waals surface area (Å²) < 4.78 is 0. The number of rotatable bonds is 5. The Morgan fingerprint density at radius 2 is 2.15 bits per heavy atom. The average molecular weight is 298 g/mol. The van der Waals surface area contributed by atoms with E-state index in [0.717, 1.165) is 12.8 Å². The van der Waals surface area contributed by atoms with Crippen LogP contribution in [-0.2, 0) is 9.59 Å². The molecular formula is C13H16ClN3O3. The van der Waals surface area contributed by atoms with Gasteiger partial charge in [0, 0.05) is 6.54 Å². The summed E-state index contributed by atoms with van der Waals surface area (Å²) in [5.41, 5.74) is 2.69. The monoisotopic (exact) mass is 297 g/mol. The van der Waals surface area contributed by atoms with Crippen LogP contribution >= 0.6 is 11.6 Å². The topological polar surface area (TPSA) is 90.8 Å². The molecule has 0 heterocycles. The van der Waals surface area contributed by atoms with Crippen molar-refractivity contribution < 1.29 is 14.7 Å². The third-order valence-corrected chi connectivity index (χ3v) is 2.68. The summed E-state index contributed by atoms with van der Waals surface area (Å²) in [7, 11) is 0. The number of halogens is 1. The van der Waals surface area contributed by atoms with Crippen LogP contribution in [0.15, 0.2) is 23.3 Å². The summed E-state index contributed by atoms with van der Waals surface area (Å²) >= 11 is 5.71. The molecule has 1 rings (SSSR count). The number of hydrogen-bond donors (Lipinski definition) is 3. The zero-order chi connectivity index (χ0) is 15.0. The molecule has 7 heteroatoms. The van der Waals surface area contributed by atoms with Gasteiger partial charge in [-0.2, -0.15) is 5.10 Å². The molecule has 0 spiro atoms. The van der Waals surface area contributed by atoms with Crippen molar-refractivity contribution in [3.63, 3.8) is 0 Å². The molecule has 20 heavy (non-hydrogen) atoms. The highest BCUT2D eigenvalue weighted by Gasteiger charge is 2.10. The highest BCUT2D eigenvalue weighted by Crippen LogP contribution is 2.22. The number of hydrazone groups is 1. The van der Waals surface area contributed by atoms with Crippen molar-refractivity contribution in [3.8, 4) is 5.75 Å².